The average Bonchev–Trinajstić information content (AvgIpc) is 2.61. The lowest BCUT2D eigenvalue weighted by Crippen LogP contribution is -2.32. The molecule has 4 nitrogen and oxygen atoms in total. The molecule has 0 aromatic heterocycles. The molecule has 0 saturated heterocycles. The second kappa shape index (κ2) is 9.60. The summed E-state index contributed by atoms with van der Waals surface area (Å²) in [6, 6.07) is 11.6. The first-order chi connectivity index (χ1) is 12.5. The van der Waals surface area contributed by atoms with Gasteiger partial charge < -0.3 is 10.2 Å². The number of nitrogens with zero attached hydrogens (tertiary/aromatic N) is 1. The third-order valence-corrected chi connectivity index (χ3v) is 4.37. The van der Waals surface area contributed by atoms with Crippen LogP contribution < -0.4 is 5.32 Å². The summed E-state index contributed by atoms with van der Waals surface area (Å²) in [5.74, 6) is -0.385. The Morgan fingerprint density at radius 3 is 2.31 bits per heavy atom. The third-order valence-electron chi connectivity index (χ3n) is 3.82. The molecule has 1 N–H and O–H groups in total. The number of nitrogens with one attached hydrogen (secondary N) is 1. The molecule has 26 heavy (non-hydrogen) atoms. The standard InChI is InChI=1S/C20H22Cl2N2O2/c1-3-10-24(11-4-2)20(26)14-6-5-7-16(12-14)23-19(25)17-9-8-15(21)13-18(17)22/h5-9,12-13H,3-4,10-11H2,1-2H3,(H,23,25). The summed E-state index contributed by atoms with van der Waals surface area (Å²) in [4.78, 5) is 27.0. The predicted octanol–water partition coefficient (Wildman–Crippen LogP) is 5.51. The molecule has 6 heteroatoms. The van der Waals surface area contributed by atoms with Crippen molar-refractivity contribution >= 4 is 40.7 Å². The first kappa shape index (κ1) is 20.3. The van der Waals surface area contributed by atoms with Gasteiger partial charge in [-0.1, -0.05) is 43.1 Å². The molecule has 0 heterocycles. The van der Waals surface area contributed by atoms with Crippen molar-refractivity contribution in [3.8, 4) is 0 Å². The van der Waals surface area contributed by atoms with E-state index in [1.807, 2.05) is 18.7 Å². The SMILES string of the molecule is CCCN(CCC)C(=O)c1cccc(NC(=O)c2ccc(Cl)cc2Cl)c1. The molecule has 0 radical (unpaired) electrons. The van der Waals surface area contributed by atoms with Crippen LogP contribution in [0.1, 0.15) is 47.4 Å². The van der Waals surface area contributed by atoms with Crippen LogP contribution >= 0.6 is 23.2 Å². The lowest BCUT2D eigenvalue weighted by molar-refractivity contribution is 0.0755. The fourth-order valence-electron chi connectivity index (χ4n) is 2.64. The minimum Gasteiger partial charge on any atom is -0.339 e. The van der Waals surface area contributed by atoms with Crippen LogP contribution in [0.2, 0.25) is 10.0 Å². The molecule has 0 saturated carbocycles. The Balaban J connectivity index is 2.18. The van der Waals surface area contributed by atoms with Gasteiger partial charge in [0.2, 0.25) is 0 Å². The number of amides is 2. The second-order valence-electron chi connectivity index (χ2n) is 5.95. The van der Waals surface area contributed by atoms with Gasteiger partial charge in [-0.3, -0.25) is 9.59 Å². The average molecular weight is 393 g/mol. The molecule has 0 bridgehead atoms. The molecule has 0 aliphatic heterocycles. The first-order valence-corrected chi connectivity index (χ1v) is 9.37. The molecule has 2 aromatic rings. The number of hydrogen-bond acceptors (Lipinski definition) is 2. The Morgan fingerprint density at radius 2 is 1.69 bits per heavy atom. The van der Waals surface area contributed by atoms with Gasteiger partial charge in [-0.2, -0.15) is 0 Å². The molecule has 2 rings (SSSR count). The highest BCUT2D eigenvalue weighted by molar-refractivity contribution is 6.37. The molecule has 0 fully saturated rings. The summed E-state index contributed by atoms with van der Waals surface area (Å²) >= 11 is 11.9. The van der Waals surface area contributed by atoms with E-state index in [9.17, 15) is 9.59 Å². The smallest absolute Gasteiger partial charge is 0.257 e. The van der Waals surface area contributed by atoms with Crippen LogP contribution in [0.3, 0.4) is 0 Å². The minimum atomic E-state index is -0.352. The largest absolute Gasteiger partial charge is 0.339 e. The lowest BCUT2D eigenvalue weighted by atomic mass is 10.1. The number of halogens is 2. The van der Waals surface area contributed by atoms with Crippen molar-refractivity contribution in [3.05, 3.63) is 63.6 Å². The number of hydrogen-bond donors (Lipinski definition) is 1. The molecule has 0 aliphatic carbocycles. The fourth-order valence-corrected chi connectivity index (χ4v) is 3.13. The van der Waals surface area contributed by atoms with Gasteiger partial charge in [0.25, 0.3) is 11.8 Å². The van der Waals surface area contributed by atoms with Gasteiger partial charge in [-0.05, 0) is 49.2 Å². The molecular weight excluding hydrogens is 371 g/mol. The quantitative estimate of drug-likeness (QED) is 0.675. The number of rotatable bonds is 7. The van der Waals surface area contributed by atoms with Gasteiger partial charge in [-0.25, -0.2) is 0 Å². The van der Waals surface area contributed by atoms with Crippen molar-refractivity contribution in [2.24, 2.45) is 0 Å². The Labute approximate surface area is 164 Å². The zero-order valence-corrected chi connectivity index (χ0v) is 16.4. The summed E-state index contributed by atoms with van der Waals surface area (Å²) in [5, 5.41) is 3.52. The monoisotopic (exact) mass is 392 g/mol. The van der Waals surface area contributed by atoms with Crippen molar-refractivity contribution in [1.29, 1.82) is 0 Å². The normalized spacial score (nSPS) is 10.5. The summed E-state index contributed by atoms with van der Waals surface area (Å²) in [6.07, 6.45) is 1.80. The van der Waals surface area contributed by atoms with Crippen molar-refractivity contribution in [3.63, 3.8) is 0 Å². The van der Waals surface area contributed by atoms with E-state index in [1.54, 1.807) is 36.4 Å². The van der Waals surface area contributed by atoms with Crippen LogP contribution in [0.15, 0.2) is 42.5 Å². The number of carbonyl (C=O) groups excluding carboxylic acids is 2. The van der Waals surface area contributed by atoms with E-state index in [2.05, 4.69) is 5.32 Å². The van der Waals surface area contributed by atoms with E-state index in [0.29, 0.717) is 34.9 Å². The van der Waals surface area contributed by atoms with Crippen LogP contribution in [-0.4, -0.2) is 29.8 Å². The van der Waals surface area contributed by atoms with E-state index in [1.165, 1.54) is 6.07 Å². The number of anilines is 1. The van der Waals surface area contributed by atoms with Gasteiger partial charge in [0.15, 0.2) is 0 Å². The first-order valence-electron chi connectivity index (χ1n) is 8.62. The molecule has 0 unspecified atom stereocenters. The Morgan fingerprint density at radius 1 is 1.00 bits per heavy atom. The van der Waals surface area contributed by atoms with Crippen LogP contribution in [0, 0.1) is 0 Å². The van der Waals surface area contributed by atoms with Crippen LogP contribution in [0.4, 0.5) is 5.69 Å². The maximum atomic E-state index is 12.7. The molecule has 0 aliphatic rings. The van der Waals surface area contributed by atoms with Crippen molar-refractivity contribution in [2.45, 2.75) is 26.7 Å². The van der Waals surface area contributed by atoms with Gasteiger partial charge in [0.1, 0.15) is 0 Å². The van der Waals surface area contributed by atoms with Gasteiger partial charge in [0.05, 0.1) is 10.6 Å². The van der Waals surface area contributed by atoms with Crippen molar-refractivity contribution in [2.75, 3.05) is 18.4 Å². The number of carbonyl (C=O) groups is 2. The Bertz CT molecular complexity index is 787. The summed E-state index contributed by atoms with van der Waals surface area (Å²) in [5.41, 5.74) is 1.41. The fraction of sp³-hybridized carbons (Fsp3) is 0.300. The molecule has 0 spiro atoms. The minimum absolute atomic E-state index is 0.0330. The number of benzene rings is 2. The van der Waals surface area contributed by atoms with Crippen molar-refractivity contribution in [1.82, 2.24) is 4.90 Å². The zero-order valence-electron chi connectivity index (χ0n) is 14.9. The predicted molar refractivity (Wildman–Crippen MR) is 107 cm³/mol. The van der Waals surface area contributed by atoms with E-state index >= 15 is 0 Å². The summed E-state index contributed by atoms with van der Waals surface area (Å²) in [7, 11) is 0. The van der Waals surface area contributed by atoms with Crippen LogP contribution in [-0.2, 0) is 0 Å². The van der Waals surface area contributed by atoms with Crippen molar-refractivity contribution < 1.29 is 9.59 Å². The Hall–Kier alpha value is -2.04. The maximum Gasteiger partial charge on any atom is 0.257 e. The van der Waals surface area contributed by atoms with E-state index in [4.69, 9.17) is 23.2 Å². The maximum absolute atomic E-state index is 12.7. The highest BCUT2D eigenvalue weighted by Crippen LogP contribution is 2.22. The molecule has 0 atom stereocenters. The zero-order chi connectivity index (χ0) is 19.1. The van der Waals surface area contributed by atoms with Crippen LogP contribution in [0.5, 0.6) is 0 Å². The van der Waals surface area contributed by atoms with E-state index < -0.39 is 0 Å². The third kappa shape index (κ3) is 5.23. The summed E-state index contributed by atoms with van der Waals surface area (Å²) in [6.45, 7) is 5.51. The van der Waals surface area contributed by atoms with E-state index in [0.717, 1.165) is 12.8 Å². The van der Waals surface area contributed by atoms with E-state index in [-0.39, 0.29) is 16.8 Å². The highest BCUT2D eigenvalue weighted by atomic mass is 35.5. The second-order valence-corrected chi connectivity index (χ2v) is 6.79. The van der Waals surface area contributed by atoms with Gasteiger partial charge >= 0.3 is 0 Å². The van der Waals surface area contributed by atoms with Gasteiger partial charge in [0, 0.05) is 29.4 Å². The topological polar surface area (TPSA) is 49.4 Å². The molecule has 138 valence electrons. The Kier molecular flexibility index (Phi) is 7.49. The molecular formula is C20H22Cl2N2O2. The highest BCUT2D eigenvalue weighted by Gasteiger charge is 2.16. The molecule has 2 aromatic carbocycles. The molecule has 2 amide bonds. The summed E-state index contributed by atoms with van der Waals surface area (Å²) < 4.78 is 0. The van der Waals surface area contributed by atoms with Crippen LogP contribution in [0.25, 0.3) is 0 Å². The lowest BCUT2D eigenvalue weighted by Gasteiger charge is -2.21. The van der Waals surface area contributed by atoms with Gasteiger partial charge in [-0.15, -0.1) is 0 Å².